The van der Waals surface area contributed by atoms with Gasteiger partial charge in [0.25, 0.3) is 17.7 Å². The Hall–Kier alpha value is -3.19. The standard InChI is InChI=1S/C22H23N3O4/c1-29-19-7-6-14(12-18(19)20(26)24-15-8-10-23-11-9-15)13-25-21(27)16-4-2-3-5-17(16)22(25)28/h2-7,12,15,23H,8-11,13H2,1H3,(H,24,26). The number of methoxy groups -OCH3 is 1. The lowest BCUT2D eigenvalue weighted by Gasteiger charge is -2.24. The van der Waals surface area contributed by atoms with Crippen molar-refractivity contribution in [1.82, 2.24) is 15.5 Å². The maximum absolute atomic E-state index is 12.8. The molecule has 2 heterocycles. The number of imide groups is 1. The predicted octanol–water partition coefficient (Wildman–Crippen LogP) is 1.97. The van der Waals surface area contributed by atoms with E-state index in [1.807, 2.05) is 0 Å². The van der Waals surface area contributed by atoms with Crippen LogP contribution < -0.4 is 15.4 Å². The lowest BCUT2D eigenvalue weighted by atomic mass is 10.0. The molecule has 0 aromatic heterocycles. The molecule has 7 heteroatoms. The number of ether oxygens (including phenoxy) is 1. The molecule has 1 saturated heterocycles. The Morgan fingerprint density at radius 3 is 2.38 bits per heavy atom. The SMILES string of the molecule is COc1ccc(CN2C(=O)c3ccccc3C2=O)cc1C(=O)NC1CCNCC1. The zero-order chi connectivity index (χ0) is 20.4. The lowest BCUT2D eigenvalue weighted by Crippen LogP contribution is -2.42. The molecule has 1 fully saturated rings. The minimum atomic E-state index is -0.317. The molecule has 7 nitrogen and oxygen atoms in total. The van der Waals surface area contributed by atoms with E-state index in [2.05, 4.69) is 10.6 Å². The number of rotatable bonds is 5. The third-order valence-corrected chi connectivity index (χ3v) is 5.40. The summed E-state index contributed by atoms with van der Waals surface area (Å²) in [6.45, 7) is 1.85. The van der Waals surface area contributed by atoms with Crippen molar-refractivity contribution in [3.63, 3.8) is 0 Å². The number of hydrogen-bond acceptors (Lipinski definition) is 5. The number of amides is 3. The molecule has 0 atom stereocenters. The zero-order valence-corrected chi connectivity index (χ0v) is 16.2. The van der Waals surface area contributed by atoms with Gasteiger partial charge in [-0.2, -0.15) is 0 Å². The van der Waals surface area contributed by atoms with Crippen LogP contribution in [0.5, 0.6) is 5.75 Å². The van der Waals surface area contributed by atoms with E-state index in [1.54, 1.807) is 42.5 Å². The molecule has 150 valence electrons. The average Bonchev–Trinajstić information content (AvgIpc) is 2.99. The number of carbonyl (C=O) groups is 3. The van der Waals surface area contributed by atoms with E-state index in [0.717, 1.165) is 25.9 Å². The Balaban J connectivity index is 1.55. The van der Waals surface area contributed by atoms with Crippen LogP contribution in [0.1, 0.15) is 49.5 Å². The summed E-state index contributed by atoms with van der Waals surface area (Å²) >= 11 is 0. The van der Waals surface area contributed by atoms with Gasteiger partial charge < -0.3 is 15.4 Å². The second kappa shape index (κ2) is 8.05. The Morgan fingerprint density at radius 1 is 1.10 bits per heavy atom. The first-order valence-corrected chi connectivity index (χ1v) is 9.72. The van der Waals surface area contributed by atoms with Crippen LogP contribution in [-0.4, -0.2) is 48.9 Å². The van der Waals surface area contributed by atoms with Gasteiger partial charge in [0.1, 0.15) is 5.75 Å². The van der Waals surface area contributed by atoms with Crippen LogP contribution in [0.3, 0.4) is 0 Å². The van der Waals surface area contributed by atoms with Crippen molar-refractivity contribution < 1.29 is 19.1 Å². The molecule has 2 aromatic carbocycles. The third-order valence-electron chi connectivity index (χ3n) is 5.40. The van der Waals surface area contributed by atoms with Crippen LogP contribution in [0.2, 0.25) is 0 Å². The van der Waals surface area contributed by atoms with Crippen molar-refractivity contribution >= 4 is 17.7 Å². The predicted molar refractivity (Wildman–Crippen MR) is 107 cm³/mol. The summed E-state index contributed by atoms with van der Waals surface area (Å²) in [4.78, 5) is 39.3. The quantitative estimate of drug-likeness (QED) is 0.759. The van der Waals surface area contributed by atoms with Gasteiger partial charge in [-0.3, -0.25) is 19.3 Å². The van der Waals surface area contributed by atoms with E-state index < -0.39 is 0 Å². The average molecular weight is 393 g/mol. The van der Waals surface area contributed by atoms with Gasteiger partial charge in [0, 0.05) is 6.04 Å². The van der Waals surface area contributed by atoms with Crippen molar-refractivity contribution in [1.29, 1.82) is 0 Å². The first kappa shape index (κ1) is 19.1. The minimum Gasteiger partial charge on any atom is -0.496 e. The molecule has 0 unspecified atom stereocenters. The lowest BCUT2D eigenvalue weighted by molar-refractivity contribution is 0.0642. The summed E-state index contributed by atoms with van der Waals surface area (Å²) in [6, 6.07) is 12.1. The minimum absolute atomic E-state index is 0.101. The Labute approximate surface area is 169 Å². The first-order valence-electron chi connectivity index (χ1n) is 9.72. The van der Waals surface area contributed by atoms with Gasteiger partial charge >= 0.3 is 0 Å². The molecule has 0 saturated carbocycles. The molecule has 29 heavy (non-hydrogen) atoms. The highest BCUT2D eigenvalue weighted by Gasteiger charge is 2.35. The van der Waals surface area contributed by atoms with Gasteiger partial charge in [0.15, 0.2) is 0 Å². The number of piperidine rings is 1. The van der Waals surface area contributed by atoms with E-state index in [-0.39, 0.29) is 30.3 Å². The summed E-state index contributed by atoms with van der Waals surface area (Å²) in [5.74, 6) is -0.384. The van der Waals surface area contributed by atoms with E-state index in [9.17, 15) is 14.4 Å². The molecule has 2 aliphatic heterocycles. The van der Waals surface area contributed by atoms with Gasteiger partial charge in [-0.15, -0.1) is 0 Å². The first-order chi connectivity index (χ1) is 14.1. The molecule has 2 aromatic rings. The molecule has 0 radical (unpaired) electrons. The van der Waals surface area contributed by atoms with E-state index in [4.69, 9.17) is 4.74 Å². The molecule has 0 aliphatic carbocycles. The van der Waals surface area contributed by atoms with Crippen LogP contribution in [0.25, 0.3) is 0 Å². The van der Waals surface area contributed by atoms with Crippen molar-refractivity contribution in [3.05, 3.63) is 64.7 Å². The normalized spacial score (nSPS) is 16.7. The monoisotopic (exact) mass is 393 g/mol. The van der Waals surface area contributed by atoms with Gasteiger partial charge in [-0.05, 0) is 55.8 Å². The second-order valence-electron chi connectivity index (χ2n) is 7.27. The van der Waals surface area contributed by atoms with Gasteiger partial charge in [-0.25, -0.2) is 0 Å². The molecular weight excluding hydrogens is 370 g/mol. The smallest absolute Gasteiger partial charge is 0.261 e. The molecule has 3 amide bonds. The third kappa shape index (κ3) is 3.73. The van der Waals surface area contributed by atoms with Crippen LogP contribution in [-0.2, 0) is 6.54 Å². The van der Waals surface area contributed by atoms with Crippen molar-refractivity contribution in [3.8, 4) is 5.75 Å². The summed E-state index contributed by atoms with van der Waals surface area (Å²) in [5, 5.41) is 6.33. The molecule has 4 rings (SSSR count). The summed E-state index contributed by atoms with van der Waals surface area (Å²) in [5.41, 5.74) is 1.92. The summed E-state index contributed by atoms with van der Waals surface area (Å²) < 4.78 is 5.35. The zero-order valence-electron chi connectivity index (χ0n) is 16.2. The van der Waals surface area contributed by atoms with Crippen LogP contribution in [0, 0.1) is 0 Å². The van der Waals surface area contributed by atoms with Crippen molar-refractivity contribution in [2.75, 3.05) is 20.2 Å². The van der Waals surface area contributed by atoms with Gasteiger partial charge in [-0.1, -0.05) is 18.2 Å². The largest absolute Gasteiger partial charge is 0.496 e. The highest BCUT2D eigenvalue weighted by Crippen LogP contribution is 2.26. The van der Waals surface area contributed by atoms with Gasteiger partial charge in [0.2, 0.25) is 0 Å². The van der Waals surface area contributed by atoms with Crippen LogP contribution in [0.4, 0.5) is 0 Å². The van der Waals surface area contributed by atoms with Crippen LogP contribution in [0.15, 0.2) is 42.5 Å². The van der Waals surface area contributed by atoms with Crippen molar-refractivity contribution in [2.45, 2.75) is 25.4 Å². The van der Waals surface area contributed by atoms with E-state index in [0.29, 0.717) is 28.0 Å². The van der Waals surface area contributed by atoms with Gasteiger partial charge in [0.05, 0.1) is 30.3 Å². The number of fused-ring (bicyclic) bond motifs is 1. The van der Waals surface area contributed by atoms with E-state index >= 15 is 0 Å². The van der Waals surface area contributed by atoms with E-state index in [1.165, 1.54) is 12.0 Å². The fourth-order valence-corrected chi connectivity index (χ4v) is 3.83. The summed E-state index contributed by atoms with van der Waals surface area (Å²) in [6.07, 6.45) is 1.76. The highest BCUT2D eigenvalue weighted by atomic mass is 16.5. The number of benzene rings is 2. The summed E-state index contributed by atoms with van der Waals surface area (Å²) in [7, 11) is 1.51. The molecule has 0 bridgehead atoms. The topological polar surface area (TPSA) is 87.7 Å². The Morgan fingerprint density at radius 2 is 1.76 bits per heavy atom. The molecular formula is C22H23N3O4. The van der Waals surface area contributed by atoms with Crippen LogP contribution >= 0.6 is 0 Å². The molecule has 2 N–H and O–H groups in total. The number of hydrogen-bond donors (Lipinski definition) is 2. The number of nitrogens with one attached hydrogen (secondary N) is 2. The molecule has 0 spiro atoms. The highest BCUT2D eigenvalue weighted by molar-refractivity contribution is 6.21. The fraction of sp³-hybridized carbons (Fsp3) is 0.318. The Bertz CT molecular complexity index is 931. The second-order valence-corrected chi connectivity index (χ2v) is 7.27. The number of carbonyl (C=O) groups excluding carboxylic acids is 3. The van der Waals surface area contributed by atoms with Crippen molar-refractivity contribution in [2.24, 2.45) is 0 Å². The Kier molecular flexibility index (Phi) is 5.31. The fourth-order valence-electron chi connectivity index (χ4n) is 3.83. The number of nitrogens with zero attached hydrogens (tertiary/aromatic N) is 1. The molecule has 2 aliphatic rings. The maximum atomic E-state index is 12.8. The maximum Gasteiger partial charge on any atom is 0.261 e.